The third kappa shape index (κ3) is 2.36. The normalized spacial score (nSPS) is 10.8. The van der Waals surface area contributed by atoms with Crippen LogP contribution < -0.4 is 10.9 Å². The number of nitrogens with one attached hydrogen (secondary N) is 1. The third-order valence-corrected chi connectivity index (χ3v) is 3.51. The minimum atomic E-state index is -0.150. The molecule has 21 heavy (non-hydrogen) atoms. The predicted molar refractivity (Wildman–Crippen MR) is 84.4 cm³/mol. The van der Waals surface area contributed by atoms with Gasteiger partial charge in [0.1, 0.15) is 0 Å². The number of rotatable bonds is 2. The fourth-order valence-electron chi connectivity index (χ4n) is 2.28. The van der Waals surface area contributed by atoms with Crippen LogP contribution in [0.15, 0.2) is 41.3 Å². The molecule has 0 atom stereocenters. The summed E-state index contributed by atoms with van der Waals surface area (Å²) in [5, 5.41) is 3.97. The van der Waals surface area contributed by atoms with Gasteiger partial charge in [-0.05, 0) is 42.3 Å². The van der Waals surface area contributed by atoms with Crippen LogP contribution in [0.2, 0.25) is 5.28 Å². The second-order valence-corrected chi connectivity index (χ2v) is 5.02. The molecule has 1 N–H and O–H groups in total. The highest BCUT2D eigenvalue weighted by Gasteiger charge is 2.11. The summed E-state index contributed by atoms with van der Waals surface area (Å²) in [6.45, 7) is 1.86. The lowest BCUT2D eigenvalue weighted by atomic mass is 10.2. The SMILES string of the molecule is CNc1cccc(-n2c(=O)cc(C)c3cnc(Cl)nc32)c1. The number of anilines is 1. The van der Waals surface area contributed by atoms with Gasteiger partial charge in [0, 0.05) is 30.4 Å². The van der Waals surface area contributed by atoms with Crippen molar-refractivity contribution in [3.63, 3.8) is 0 Å². The standard InChI is InChI=1S/C15H13ClN4O/c1-9-6-13(21)20(11-5-3-4-10(7-11)17-2)14-12(9)8-18-15(16)19-14/h3-8,17H,1-2H3. The number of hydrogen-bond donors (Lipinski definition) is 1. The molecule has 0 amide bonds. The molecule has 2 heterocycles. The van der Waals surface area contributed by atoms with E-state index in [1.165, 1.54) is 4.57 Å². The number of hydrogen-bond acceptors (Lipinski definition) is 4. The Morgan fingerprint density at radius 3 is 2.86 bits per heavy atom. The summed E-state index contributed by atoms with van der Waals surface area (Å²) in [6, 6.07) is 9.11. The number of nitrogens with zero attached hydrogens (tertiary/aromatic N) is 3. The molecule has 3 aromatic rings. The van der Waals surface area contributed by atoms with Crippen LogP contribution in [0.5, 0.6) is 0 Å². The lowest BCUT2D eigenvalue weighted by Crippen LogP contribution is -2.19. The summed E-state index contributed by atoms with van der Waals surface area (Å²) >= 11 is 5.89. The molecule has 0 fully saturated rings. The number of aromatic nitrogens is 3. The molecule has 0 aliphatic heterocycles. The summed E-state index contributed by atoms with van der Waals surface area (Å²) in [4.78, 5) is 20.6. The largest absolute Gasteiger partial charge is 0.388 e. The Bertz CT molecular complexity index is 888. The number of fused-ring (bicyclic) bond motifs is 1. The van der Waals surface area contributed by atoms with Gasteiger partial charge in [0.15, 0.2) is 5.65 Å². The van der Waals surface area contributed by atoms with Gasteiger partial charge in [-0.15, -0.1) is 0 Å². The van der Waals surface area contributed by atoms with Crippen LogP contribution in [0.25, 0.3) is 16.7 Å². The maximum absolute atomic E-state index is 12.4. The zero-order chi connectivity index (χ0) is 15.0. The first-order valence-electron chi connectivity index (χ1n) is 6.43. The first-order chi connectivity index (χ1) is 10.1. The summed E-state index contributed by atoms with van der Waals surface area (Å²) < 4.78 is 1.54. The molecular formula is C15H13ClN4O. The van der Waals surface area contributed by atoms with E-state index in [4.69, 9.17) is 11.6 Å². The van der Waals surface area contributed by atoms with Gasteiger partial charge >= 0.3 is 0 Å². The van der Waals surface area contributed by atoms with Gasteiger partial charge in [-0.3, -0.25) is 9.36 Å². The van der Waals surface area contributed by atoms with E-state index >= 15 is 0 Å². The minimum absolute atomic E-state index is 0.117. The Balaban J connectivity index is 2.40. The molecule has 3 rings (SSSR count). The summed E-state index contributed by atoms with van der Waals surface area (Å²) in [5.74, 6) is 0. The lowest BCUT2D eigenvalue weighted by molar-refractivity contribution is 0.997. The van der Waals surface area contributed by atoms with Crippen LogP contribution in [0.1, 0.15) is 5.56 Å². The number of benzene rings is 1. The zero-order valence-corrected chi connectivity index (χ0v) is 12.3. The van der Waals surface area contributed by atoms with Gasteiger partial charge in [0.2, 0.25) is 5.28 Å². The van der Waals surface area contributed by atoms with E-state index in [-0.39, 0.29) is 10.8 Å². The molecule has 0 radical (unpaired) electrons. The van der Waals surface area contributed by atoms with E-state index in [1.807, 2.05) is 38.2 Å². The maximum Gasteiger partial charge on any atom is 0.257 e. The second kappa shape index (κ2) is 5.18. The molecule has 0 aliphatic rings. The third-order valence-electron chi connectivity index (χ3n) is 3.33. The average Bonchev–Trinajstić information content (AvgIpc) is 2.47. The zero-order valence-electron chi connectivity index (χ0n) is 11.6. The van der Waals surface area contributed by atoms with Gasteiger partial charge in [-0.1, -0.05) is 6.07 Å². The fourth-order valence-corrected chi connectivity index (χ4v) is 2.41. The highest BCUT2D eigenvalue weighted by atomic mass is 35.5. The van der Waals surface area contributed by atoms with E-state index in [9.17, 15) is 4.79 Å². The van der Waals surface area contributed by atoms with Gasteiger partial charge in [0.05, 0.1) is 5.69 Å². The van der Waals surface area contributed by atoms with Gasteiger partial charge in [-0.25, -0.2) is 4.98 Å². The Morgan fingerprint density at radius 2 is 2.10 bits per heavy atom. The molecule has 0 saturated heterocycles. The molecule has 0 bridgehead atoms. The number of aryl methyl sites for hydroxylation is 1. The Kier molecular flexibility index (Phi) is 3.35. The fraction of sp³-hybridized carbons (Fsp3) is 0.133. The lowest BCUT2D eigenvalue weighted by Gasteiger charge is -2.12. The van der Waals surface area contributed by atoms with E-state index in [0.717, 1.165) is 22.3 Å². The summed E-state index contributed by atoms with van der Waals surface area (Å²) in [7, 11) is 1.83. The van der Waals surface area contributed by atoms with Gasteiger partial charge < -0.3 is 5.32 Å². The molecule has 1 aromatic carbocycles. The smallest absolute Gasteiger partial charge is 0.257 e. The highest BCUT2D eigenvalue weighted by molar-refractivity contribution is 6.28. The molecule has 0 spiro atoms. The quantitative estimate of drug-likeness (QED) is 0.739. The van der Waals surface area contributed by atoms with Gasteiger partial charge in [0.25, 0.3) is 5.56 Å². The van der Waals surface area contributed by atoms with Crippen molar-refractivity contribution in [2.75, 3.05) is 12.4 Å². The summed E-state index contributed by atoms with van der Waals surface area (Å²) in [5.41, 5.74) is 2.82. The monoisotopic (exact) mass is 300 g/mol. The van der Waals surface area contributed by atoms with Crippen molar-refractivity contribution in [2.45, 2.75) is 6.92 Å². The van der Waals surface area contributed by atoms with E-state index < -0.39 is 0 Å². The summed E-state index contributed by atoms with van der Waals surface area (Å²) in [6.07, 6.45) is 1.64. The number of pyridine rings is 1. The molecule has 0 aliphatic carbocycles. The first kappa shape index (κ1) is 13.6. The van der Waals surface area contributed by atoms with E-state index in [0.29, 0.717) is 5.65 Å². The molecule has 106 valence electrons. The van der Waals surface area contributed by atoms with Crippen LogP contribution in [-0.2, 0) is 0 Å². The van der Waals surface area contributed by atoms with Crippen molar-refractivity contribution in [2.24, 2.45) is 0 Å². The molecule has 2 aromatic heterocycles. The van der Waals surface area contributed by atoms with Crippen molar-refractivity contribution in [3.05, 3.63) is 57.7 Å². The van der Waals surface area contributed by atoms with Crippen LogP contribution >= 0.6 is 11.6 Å². The van der Waals surface area contributed by atoms with Crippen molar-refractivity contribution in [3.8, 4) is 5.69 Å². The van der Waals surface area contributed by atoms with Crippen molar-refractivity contribution in [1.82, 2.24) is 14.5 Å². The van der Waals surface area contributed by atoms with Crippen molar-refractivity contribution in [1.29, 1.82) is 0 Å². The van der Waals surface area contributed by atoms with Crippen molar-refractivity contribution >= 4 is 28.3 Å². The van der Waals surface area contributed by atoms with Crippen LogP contribution in [-0.4, -0.2) is 21.6 Å². The molecule has 0 saturated carbocycles. The second-order valence-electron chi connectivity index (χ2n) is 4.68. The first-order valence-corrected chi connectivity index (χ1v) is 6.81. The van der Waals surface area contributed by atoms with Crippen LogP contribution in [0.3, 0.4) is 0 Å². The van der Waals surface area contributed by atoms with Crippen LogP contribution in [0, 0.1) is 6.92 Å². The van der Waals surface area contributed by atoms with Gasteiger partial charge in [-0.2, -0.15) is 4.98 Å². The number of halogens is 1. The highest BCUT2D eigenvalue weighted by Crippen LogP contribution is 2.20. The average molecular weight is 301 g/mol. The molecule has 5 nitrogen and oxygen atoms in total. The predicted octanol–water partition coefficient (Wildman–Crippen LogP) is 2.78. The molecule has 0 unspecified atom stereocenters. The maximum atomic E-state index is 12.4. The van der Waals surface area contributed by atoms with Crippen LogP contribution in [0.4, 0.5) is 5.69 Å². The molecular weight excluding hydrogens is 288 g/mol. The van der Waals surface area contributed by atoms with E-state index in [1.54, 1.807) is 12.3 Å². The Hall–Kier alpha value is -2.40. The van der Waals surface area contributed by atoms with Crippen molar-refractivity contribution < 1.29 is 0 Å². The molecule has 6 heteroatoms. The topological polar surface area (TPSA) is 59.8 Å². The minimum Gasteiger partial charge on any atom is -0.388 e. The van der Waals surface area contributed by atoms with E-state index in [2.05, 4.69) is 15.3 Å². The Labute approximate surface area is 126 Å². The Morgan fingerprint density at radius 1 is 1.29 bits per heavy atom.